The molecular formula is C52H104N2O4. The molecular weight excluding hydrogens is 717 g/mol. The molecule has 2 atom stereocenters. The van der Waals surface area contributed by atoms with Gasteiger partial charge in [-0.3, -0.25) is 9.59 Å². The van der Waals surface area contributed by atoms with Crippen LogP contribution in [0.15, 0.2) is 0 Å². The van der Waals surface area contributed by atoms with Gasteiger partial charge in [0.25, 0.3) is 0 Å². The largest absolute Gasteiger partial charge is 0.383 e. The summed E-state index contributed by atoms with van der Waals surface area (Å²) < 4.78 is 0. The molecule has 0 aliphatic rings. The van der Waals surface area contributed by atoms with Gasteiger partial charge in [0, 0.05) is 0 Å². The summed E-state index contributed by atoms with van der Waals surface area (Å²) in [6.45, 7) is 6.57. The zero-order valence-electron chi connectivity index (χ0n) is 39.6. The highest BCUT2D eigenvalue weighted by atomic mass is 16.3. The van der Waals surface area contributed by atoms with E-state index in [0.29, 0.717) is 19.3 Å². The van der Waals surface area contributed by atoms with Gasteiger partial charge in [-0.2, -0.15) is 0 Å². The fourth-order valence-electron chi connectivity index (χ4n) is 8.45. The molecule has 2 unspecified atom stereocenters. The molecule has 0 spiro atoms. The van der Waals surface area contributed by atoms with Crippen LogP contribution in [-0.2, 0) is 9.59 Å². The van der Waals surface area contributed by atoms with Crippen molar-refractivity contribution in [1.29, 1.82) is 0 Å². The molecule has 0 aromatic heterocycles. The lowest BCUT2D eigenvalue weighted by molar-refractivity contribution is -0.133. The number of hydrogen-bond donors (Lipinski definition) is 4. The van der Waals surface area contributed by atoms with Crippen LogP contribution in [0, 0.1) is 0 Å². The third-order valence-corrected chi connectivity index (χ3v) is 12.5. The van der Waals surface area contributed by atoms with Crippen LogP contribution in [0.1, 0.15) is 303 Å². The Morgan fingerprint density at radius 3 is 0.672 bits per heavy atom. The van der Waals surface area contributed by atoms with Gasteiger partial charge in [0.05, 0.1) is 0 Å². The molecule has 4 N–H and O–H groups in total. The number of hydrogen-bond acceptors (Lipinski definition) is 4. The average Bonchev–Trinajstić information content (AvgIpc) is 3.22. The lowest BCUT2D eigenvalue weighted by Gasteiger charge is -2.23. The molecule has 0 saturated heterocycles. The molecule has 0 fully saturated rings. The van der Waals surface area contributed by atoms with E-state index in [2.05, 4.69) is 24.5 Å². The summed E-state index contributed by atoms with van der Waals surface area (Å²) in [5.41, 5.74) is 0. The minimum absolute atomic E-state index is 0.430. The molecule has 0 heterocycles. The number of aliphatic hydroxyl groups excluding tert-OH is 2. The van der Waals surface area contributed by atoms with Crippen LogP contribution in [0.2, 0.25) is 0 Å². The fourth-order valence-corrected chi connectivity index (χ4v) is 8.45. The van der Waals surface area contributed by atoms with Crippen molar-refractivity contribution in [2.75, 3.05) is 0 Å². The maximum absolute atomic E-state index is 12.7. The molecule has 6 heteroatoms. The second-order valence-electron chi connectivity index (χ2n) is 18.4. The monoisotopic (exact) mass is 821 g/mol. The number of unbranched alkanes of at least 4 members (excludes halogenated alkanes) is 38. The van der Waals surface area contributed by atoms with E-state index in [9.17, 15) is 19.8 Å². The van der Waals surface area contributed by atoms with E-state index in [1.807, 2.05) is 6.92 Å². The molecule has 2 amide bonds. The molecule has 0 aromatic carbocycles. The Labute approximate surface area is 362 Å². The number of nitrogens with one attached hydrogen (secondary N) is 2. The van der Waals surface area contributed by atoms with Gasteiger partial charge in [-0.1, -0.05) is 284 Å². The third-order valence-electron chi connectivity index (χ3n) is 12.5. The highest BCUT2D eigenvalue weighted by Crippen LogP contribution is 2.17. The minimum atomic E-state index is -1.06. The second kappa shape index (κ2) is 46.9. The zero-order chi connectivity index (χ0) is 42.4. The Bertz CT molecular complexity index is 774. The van der Waals surface area contributed by atoms with Gasteiger partial charge in [-0.15, -0.1) is 0 Å². The van der Waals surface area contributed by atoms with Crippen molar-refractivity contribution in [2.45, 2.75) is 322 Å². The summed E-state index contributed by atoms with van der Waals surface area (Å²) in [5.74, 6) is -0.861. The molecule has 0 radical (unpaired) electrons. The van der Waals surface area contributed by atoms with Crippen molar-refractivity contribution in [3.8, 4) is 0 Å². The summed E-state index contributed by atoms with van der Waals surface area (Å²) in [6, 6.07) is 0. The summed E-state index contributed by atoms with van der Waals surface area (Å²) in [7, 11) is 0. The number of amides is 2. The number of carbonyl (C=O) groups excluding carboxylic acids is 2. The lowest BCUT2D eigenvalue weighted by atomic mass is 10.0. The maximum Gasteiger partial charge on any atom is 0.250 e. The highest BCUT2D eigenvalue weighted by Gasteiger charge is 2.22. The molecule has 0 rings (SSSR count). The fraction of sp³-hybridized carbons (Fsp3) is 0.962. The average molecular weight is 821 g/mol. The van der Waals surface area contributed by atoms with Crippen LogP contribution in [0.4, 0.5) is 0 Å². The smallest absolute Gasteiger partial charge is 0.250 e. The van der Waals surface area contributed by atoms with E-state index in [-0.39, 0.29) is 0 Å². The number of carbonyl (C=O) groups is 2. The Morgan fingerprint density at radius 2 is 0.483 bits per heavy atom. The summed E-state index contributed by atoms with van der Waals surface area (Å²) >= 11 is 0. The van der Waals surface area contributed by atoms with Crippen molar-refractivity contribution in [2.24, 2.45) is 0 Å². The van der Waals surface area contributed by atoms with Gasteiger partial charge in [-0.05, 0) is 19.3 Å². The molecule has 0 saturated carbocycles. The van der Waals surface area contributed by atoms with Crippen LogP contribution in [-0.4, -0.2) is 40.4 Å². The van der Waals surface area contributed by atoms with Gasteiger partial charge in [-0.25, -0.2) is 0 Å². The number of rotatable bonds is 48. The quantitative estimate of drug-likeness (QED) is 0.0363. The summed E-state index contributed by atoms with van der Waals surface area (Å²) in [4.78, 5) is 25.4. The van der Waals surface area contributed by atoms with Crippen LogP contribution in [0.25, 0.3) is 0 Å². The summed E-state index contributed by atoms with van der Waals surface area (Å²) in [5, 5.41) is 26.6. The van der Waals surface area contributed by atoms with Crippen molar-refractivity contribution in [3.05, 3.63) is 0 Å². The molecule has 0 aromatic rings. The normalized spacial score (nSPS) is 13.1. The molecule has 0 aliphatic heterocycles. The minimum Gasteiger partial charge on any atom is -0.383 e. The van der Waals surface area contributed by atoms with Gasteiger partial charge in [0.1, 0.15) is 18.4 Å². The Kier molecular flexibility index (Phi) is 46.0. The van der Waals surface area contributed by atoms with Crippen molar-refractivity contribution in [1.82, 2.24) is 10.6 Å². The molecule has 6 nitrogen and oxygen atoms in total. The van der Waals surface area contributed by atoms with Crippen LogP contribution < -0.4 is 10.6 Å². The Hall–Kier alpha value is -1.14. The third kappa shape index (κ3) is 41.6. The Morgan fingerprint density at radius 1 is 0.293 bits per heavy atom. The van der Waals surface area contributed by atoms with Crippen molar-refractivity contribution < 1.29 is 19.8 Å². The highest BCUT2D eigenvalue weighted by molar-refractivity contribution is 5.83. The van der Waals surface area contributed by atoms with E-state index in [1.54, 1.807) is 0 Å². The summed E-state index contributed by atoms with van der Waals surface area (Å²) in [6.07, 6.45) is 52.6. The molecule has 58 heavy (non-hydrogen) atoms. The van der Waals surface area contributed by atoms with Gasteiger partial charge in [0.15, 0.2) is 0 Å². The van der Waals surface area contributed by atoms with E-state index in [0.717, 1.165) is 44.9 Å². The second-order valence-corrected chi connectivity index (χ2v) is 18.4. The molecule has 346 valence electrons. The van der Waals surface area contributed by atoms with E-state index >= 15 is 0 Å². The zero-order valence-corrected chi connectivity index (χ0v) is 39.6. The van der Waals surface area contributed by atoms with E-state index in [1.165, 1.54) is 218 Å². The van der Waals surface area contributed by atoms with Gasteiger partial charge >= 0.3 is 0 Å². The van der Waals surface area contributed by atoms with Gasteiger partial charge in [0.2, 0.25) is 11.8 Å². The molecule has 0 bridgehead atoms. The van der Waals surface area contributed by atoms with Crippen LogP contribution >= 0.6 is 0 Å². The van der Waals surface area contributed by atoms with Crippen LogP contribution in [0.3, 0.4) is 0 Å². The van der Waals surface area contributed by atoms with Crippen LogP contribution in [0.5, 0.6) is 0 Å². The number of aliphatic hydroxyl groups is 2. The first kappa shape index (κ1) is 56.9. The topological polar surface area (TPSA) is 98.7 Å². The predicted molar refractivity (Wildman–Crippen MR) is 252 cm³/mol. The predicted octanol–water partition coefficient (Wildman–Crippen LogP) is 15.5. The first-order valence-corrected chi connectivity index (χ1v) is 26.4. The standard InChI is InChI=1S/C52H104N2O4/c1-4-7-9-11-13-15-17-19-21-23-25-27-29-31-33-35-37-39-41-43-46-48(55)51(57)53-50(45-6-3)54-52(58)49(56)47-44-42-40-38-36-34-32-30-28-26-24-22-20-18-16-14-12-10-8-5-2/h48-50,55-56H,4-47H2,1-3H3,(H,53,57)(H,54,58). The van der Waals surface area contributed by atoms with Crippen molar-refractivity contribution in [3.63, 3.8) is 0 Å². The lowest BCUT2D eigenvalue weighted by Crippen LogP contribution is -2.52. The van der Waals surface area contributed by atoms with Gasteiger partial charge < -0.3 is 20.8 Å². The van der Waals surface area contributed by atoms with E-state index in [4.69, 9.17) is 0 Å². The van der Waals surface area contributed by atoms with E-state index < -0.39 is 30.2 Å². The SMILES string of the molecule is CCCCCCCCCCCCCCCCCCCCCCC(O)C(=O)NC(CCC)NC(=O)C(O)CCCCCCCCCCCCCCCCCCCCCC. The first-order chi connectivity index (χ1) is 28.5. The maximum atomic E-state index is 12.7. The Balaban J connectivity index is 3.71. The van der Waals surface area contributed by atoms with Crippen molar-refractivity contribution >= 4 is 11.8 Å². The molecule has 0 aliphatic carbocycles. The first-order valence-electron chi connectivity index (χ1n) is 26.4.